The first-order chi connectivity index (χ1) is 16.0. The molecule has 1 fully saturated rings. The second kappa shape index (κ2) is 10.5. The highest BCUT2D eigenvalue weighted by molar-refractivity contribution is 8.07. The summed E-state index contributed by atoms with van der Waals surface area (Å²) in [5.74, 6) is -0.291. The van der Waals surface area contributed by atoms with E-state index in [1.807, 2.05) is 67.6 Å². The van der Waals surface area contributed by atoms with Gasteiger partial charge in [0.25, 0.3) is 0 Å². The standard InChI is InChI=1S/C23H20N4O3S3.ClH/c1-13-25-26-23(32-13)33-16-12-31-21-17(24)20(28)27(21)18(16)22(29)30-19(14-8-4-2-5-9-14)15-10-6-3-7-11-15;/h2-11,17,19,21H,12,24H2,1H3;1H/t17-,21-;/m1./s1. The van der Waals surface area contributed by atoms with Crippen LogP contribution in [0, 0.1) is 6.92 Å². The largest absolute Gasteiger partial charge is 0.448 e. The van der Waals surface area contributed by atoms with Crippen molar-refractivity contribution in [2.24, 2.45) is 5.73 Å². The topological polar surface area (TPSA) is 98.4 Å². The molecule has 176 valence electrons. The normalized spacial score (nSPS) is 19.4. The number of carbonyl (C=O) groups is 2. The summed E-state index contributed by atoms with van der Waals surface area (Å²) in [7, 11) is 0. The third kappa shape index (κ3) is 4.73. The third-order valence-corrected chi connectivity index (χ3v) is 8.77. The Balaban J connectivity index is 0.00000274. The van der Waals surface area contributed by atoms with Gasteiger partial charge in [-0.15, -0.1) is 34.4 Å². The Morgan fingerprint density at radius 1 is 1.12 bits per heavy atom. The zero-order chi connectivity index (χ0) is 22.9. The van der Waals surface area contributed by atoms with Crippen LogP contribution in [0.4, 0.5) is 0 Å². The van der Waals surface area contributed by atoms with Crippen molar-refractivity contribution in [2.75, 3.05) is 5.75 Å². The van der Waals surface area contributed by atoms with Crippen molar-refractivity contribution >= 4 is 59.1 Å². The number of thioether (sulfide) groups is 2. The number of carbonyl (C=O) groups excluding carboxylic acids is 2. The summed E-state index contributed by atoms with van der Waals surface area (Å²) in [5.41, 5.74) is 7.95. The van der Waals surface area contributed by atoms with Gasteiger partial charge < -0.3 is 10.5 Å². The minimum atomic E-state index is -0.618. The van der Waals surface area contributed by atoms with Crippen LogP contribution in [0.1, 0.15) is 22.2 Å². The van der Waals surface area contributed by atoms with Gasteiger partial charge in [0.15, 0.2) is 10.4 Å². The zero-order valence-electron chi connectivity index (χ0n) is 18.0. The van der Waals surface area contributed by atoms with Gasteiger partial charge in [0.2, 0.25) is 5.91 Å². The molecule has 2 N–H and O–H groups in total. The molecular formula is C23H21ClN4O3S3. The summed E-state index contributed by atoms with van der Waals surface area (Å²) in [6.45, 7) is 1.87. The van der Waals surface area contributed by atoms with Crippen molar-refractivity contribution < 1.29 is 14.3 Å². The summed E-state index contributed by atoms with van der Waals surface area (Å²) >= 11 is 4.33. The molecule has 34 heavy (non-hydrogen) atoms. The van der Waals surface area contributed by atoms with E-state index in [1.165, 1.54) is 28.0 Å². The zero-order valence-corrected chi connectivity index (χ0v) is 21.3. The molecule has 1 amide bonds. The number of nitrogens with zero attached hydrogens (tertiary/aromatic N) is 3. The fourth-order valence-corrected chi connectivity index (χ4v) is 7.13. The molecular weight excluding hydrogens is 512 g/mol. The Morgan fingerprint density at radius 2 is 1.74 bits per heavy atom. The lowest BCUT2D eigenvalue weighted by Crippen LogP contribution is -2.68. The number of rotatable bonds is 6. The van der Waals surface area contributed by atoms with Crippen molar-refractivity contribution in [1.29, 1.82) is 0 Å². The van der Waals surface area contributed by atoms with E-state index < -0.39 is 18.1 Å². The van der Waals surface area contributed by atoms with Gasteiger partial charge in [-0.3, -0.25) is 9.69 Å². The van der Waals surface area contributed by atoms with Crippen LogP contribution in [0.15, 0.2) is 75.6 Å². The van der Waals surface area contributed by atoms with E-state index in [9.17, 15) is 9.59 Å². The summed E-state index contributed by atoms with van der Waals surface area (Å²) in [6, 6.07) is 18.5. The quantitative estimate of drug-likeness (QED) is 0.373. The molecule has 7 nitrogen and oxygen atoms in total. The van der Waals surface area contributed by atoms with Crippen molar-refractivity contribution in [2.45, 2.75) is 28.8 Å². The second-order valence-corrected chi connectivity index (χ2v) is 11.1. The molecule has 2 atom stereocenters. The van der Waals surface area contributed by atoms with Gasteiger partial charge in [-0.2, -0.15) is 0 Å². The predicted molar refractivity (Wildman–Crippen MR) is 137 cm³/mol. The van der Waals surface area contributed by atoms with Crippen molar-refractivity contribution in [3.63, 3.8) is 0 Å². The van der Waals surface area contributed by atoms with Crippen LogP contribution < -0.4 is 5.73 Å². The molecule has 5 rings (SSSR count). The van der Waals surface area contributed by atoms with Gasteiger partial charge in [0, 0.05) is 10.7 Å². The molecule has 2 aromatic carbocycles. The molecule has 0 spiro atoms. The number of ether oxygens (including phenoxy) is 1. The lowest BCUT2D eigenvalue weighted by Gasteiger charge is -2.48. The van der Waals surface area contributed by atoms with Gasteiger partial charge in [0.05, 0.1) is 0 Å². The minimum Gasteiger partial charge on any atom is -0.448 e. The fraction of sp³-hybridized carbons (Fsp3) is 0.217. The van der Waals surface area contributed by atoms with Gasteiger partial charge in [0.1, 0.15) is 22.1 Å². The Kier molecular flexibility index (Phi) is 7.63. The number of hydrogen-bond donors (Lipinski definition) is 1. The van der Waals surface area contributed by atoms with Crippen LogP contribution in [0.5, 0.6) is 0 Å². The molecule has 11 heteroatoms. The molecule has 1 aromatic heterocycles. The Bertz CT molecular complexity index is 1180. The molecule has 2 aliphatic rings. The number of esters is 1. The number of halogens is 1. The number of hydrogen-bond acceptors (Lipinski definition) is 9. The average Bonchev–Trinajstić information content (AvgIpc) is 3.27. The highest BCUT2D eigenvalue weighted by atomic mass is 35.5. The smallest absolute Gasteiger partial charge is 0.356 e. The summed E-state index contributed by atoms with van der Waals surface area (Å²) in [4.78, 5) is 28.5. The van der Waals surface area contributed by atoms with Crippen LogP contribution in [0.2, 0.25) is 0 Å². The average molecular weight is 533 g/mol. The van der Waals surface area contributed by atoms with Gasteiger partial charge in [-0.05, 0) is 18.1 Å². The minimum absolute atomic E-state index is 0. The number of amides is 1. The summed E-state index contributed by atoms with van der Waals surface area (Å²) in [6.07, 6.45) is -0.611. The predicted octanol–water partition coefficient (Wildman–Crippen LogP) is 4.15. The number of fused-ring (bicyclic) bond motifs is 1. The van der Waals surface area contributed by atoms with Crippen LogP contribution in [0.3, 0.4) is 0 Å². The number of β-lactam (4-membered cyclic amide) rings is 1. The first-order valence-electron chi connectivity index (χ1n) is 10.2. The van der Waals surface area contributed by atoms with Crippen molar-refractivity contribution in [3.05, 3.63) is 87.4 Å². The van der Waals surface area contributed by atoms with Gasteiger partial charge >= 0.3 is 5.97 Å². The van der Waals surface area contributed by atoms with E-state index in [0.29, 0.717) is 10.1 Å². The first kappa shape index (κ1) is 24.7. The third-order valence-electron chi connectivity index (χ3n) is 5.32. The molecule has 0 aliphatic carbocycles. The Hall–Kier alpha value is -2.37. The maximum Gasteiger partial charge on any atom is 0.356 e. The van der Waals surface area contributed by atoms with Crippen molar-refractivity contribution in [1.82, 2.24) is 15.1 Å². The molecule has 3 aromatic rings. The lowest BCUT2D eigenvalue weighted by atomic mass is 10.0. The van der Waals surface area contributed by atoms with E-state index in [0.717, 1.165) is 21.0 Å². The van der Waals surface area contributed by atoms with Crippen LogP contribution in [-0.2, 0) is 14.3 Å². The second-order valence-electron chi connectivity index (χ2n) is 7.50. The fourth-order valence-electron chi connectivity index (χ4n) is 3.73. The maximum atomic E-state index is 13.6. The van der Waals surface area contributed by atoms with Gasteiger partial charge in [-0.1, -0.05) is 83.8 Å². The maximum absolute atomic E-state index is 13.6. The lowest BCUT2D eigenvalue weighted by molar-refractivity contribution is -0.152. The summed E-state index contributed by atoms with van der Waals surface area (Å²) in [5, 5.41) is 8.78. The Morgan fingerprint density at radius 3 is 2.29 bits per heavy atom. The SMILES string of the molecule is Cc1nnc(SC2=C(C(=O)OC(c3ccccc3)c3ccccc3)N3C(=O)[C@@H](N)[C@H]3SC2)s1.Cl. The first-order valence-corrected chi connectivity index (χ1v) is 12.9. The highest BCUT2D eigenvalue weighted by Gasteiger charge is 2.52. The number of benzene rings is 2. The number of nitrogens with two attached hydrogens (primary N) is 1. The molecule has 3 heterocycles. The van der Waals surface area contributed by atoms with E-state index in [1.54, 1.807) is 11.8 Å². The molecule has 0 saturated carbocycles. The van der Waals surface area contributed by atoms with Crippen LogP contribution in [0.25, 0.3) is 0 Å². The van der Waals surface area contributed by atoms with E-state index in [4.69, 9.17) is 10.5 Å². The number of aromatic nitrogens is 2. The Labute approximate surface area is 215 Å². The number of aryl methyl sites for hydroxylation is 1. The van der Waals surface area contributed by atoms with Crippen LogP contribution in [-0.4, -0.2) is 44.1 Å². The molecule has 2 aliphatic heterocycles. The molecule has 0 radical (unpaired) electrons. The molecule has 0 unspecified atom stereocenters. The van der Waals surface area contributed by atoms with E-state index in [2.05, 4.69) is 10.2 Å². The van der Waals surface area contributed by atoms with Crippen molar-refractivity contribution in [3.8, 4) is 0 Å². The van der Waals surface area contributed by atoms with Crippen LogP contribution >= 0.6 is 47.3 Å². The van der Waals surface area contributed by atoms with Gasteiger partial charge in [-0.25, -0.2) is 4.79 Å². The molecule has 1 saturated heterocycles. The highest BCUT2D eigenvalue weighted by Crippen LogP contribution is 2.45. The monoisotopic (exact) mass is 532 g/mol. The summed E-state index contributed by atoms with van der Waals surface area (Å²) < 4.78 is 6.80. The van der Waals surface area contributed by atoms with E-state index >= 15 is 0 Å². The molecule has 0 bridgehead atoms. The van der Waals surface area contributed by atoms with E-state index in [-0.39, 0.29) is 29.4 Å².